The number of hydrogen-bond acceptors (Lipinski definition) is 3. The van der Waals surface area contributed by atoms with E-state index in [4.69, 9.17) is 14.2 Å². The molecule has 0 bridgehead atoms. The summed E-state index contributed by atoms with van der Waals surface area (Å²) >= 11 is 3.59. The molecule has 3 nitrogen and oxygen atoms in total. The van der Waals surface area contributed by atoms with Crippen LogP contribution in [0.15, 0.2) is 12.1 Å². The molecule has 19 heavy (non-hydrogen) atoms. The molecule has 1 aliphatic rings. The molecule has 106 valence electrons. The van der Waals surface area contributed by atoms with Crippen LogP contribution in [0, 0.1) is 11.7 Å². The summed E-state index contributed by atoms with van der Waals surface area (Å²) in [7, 11) is 3.05. The Balaban J connectivity index is 2.27. The Kier molecular flexibility index (Phi) is 5.05. The van der Waals surface area contributed by atoms with E-state index in [1.54, 1.807) is 13.2 Å². The molecule has 0 saturated carbocycles. The molecule has 0 radical (unpaired) electrons. The second-order valence-electron chi connectivity index (χ2n) is 4.61. The molecule has 0 aromatic heterocycles. The first-order valence-electron chi connectivity index (χ1n) is 6.30. The van der Waals surface area contributed by atoms with Crippen molar-refractivity contribution in [3.05, 3.63) is 23.5 Å². The second-order valence-corrected chi connectivity index (χ2v) is 5.59. The van der Waals surface area contributed by atoms with E-state index in [0.717, 1.165) is 19.4 Å². The minimum absolute atomic E-state index is 0.0763. The number of hydrogen-bond donors (Lipinski definition) is 0. The molecule has 0 spiro atoms. The molecule has 1 saturated heterocycles. The average Bonchev–Trinajstić information content (AvgIpc) is 2.47. The smallest absolute Gasteiger partial charge is 0.163 e. The lowest BCUT2D eigenvalue weighted by atomic mass is 9.93. The van der Waals surface area contributed by atoms with Gasteiger partial charge < -0.3 is 14.2 Å². The van der Waals surface area contributed by atoms with Crippen LogP contribution in [0.3, 0.4) is 0 Å². The summed E-state index contributed by atoms with van der Waals surface area (Å²) in [6.07, 6.45) is 2.05. The van der Waals surface area contributed by atoms with Crippen LogP contribution in [0.25, 0.3) is 0 Å². The van der Waals surface area contributed by atoms with Gasteiger partial charge in [0.25, 0.3) is 0 Å². The number of benzene rings is 1. The molecule has 0 aliphatic carbocycles. The molecule has 2 atom stereocenters. The lowest BCUT2D eigenvalue weighted by Crippen LogP contribution is -2.21. The highest BCUT2D eigenvalue weighted by molar-refractivity contribution is 9.09. The van der Waals surface area contributed by atoms with Gasteiger partial charge in [0, 0.05) is 23.1 Å². The highest BCUT2D eigenvalue weighted by Gasteiger charge is 2.27. The van der Waals surface area contributed by atoms with Crippen LogP contribution in [0.4, 0.5) is 4.39 Å². The summed E-state index contributed by atoms with van der Waals surface area (Å²) in [5, 5.41) is 0. The van der Waals surface area contributed by atoms with Gasteiger partial charge in [-0.3, -0.25) is 0 Å². The molecule has 1 aliphatic heterocycles. The van der Waals surface area contributed by atoms with Gasteiger partial charge in [-0.1, -0.05) is 15.9 Å². The van der Waals surface area contributed by atoms with Gasteiger partial charge in [0.15, 0.2) is 11.5 Å². The fourth-order valence-corrected chi connectivity index (χ4v) is 3.10. The number of halogens is 2. The molecular weight excluding hydrogens is 315 g/mol. The Morgan fingerprint density at radius 3 is 2.58 bits per heavy atom. The van der Waals surface area contributed by atoms with Gasteiger partial charge in [-0.15, -0.1) is 0 Å². The first-order valence-corrected chi connectivity index (χ1v) is 7.22. The van der Waals surface area contributed by atoms with E-state index >= 15 is 0 Å². The minimum Gasteiger partial charge on any atom is -0.493 e. The molecule has 1 aromatic rings. The number of methoxy groups -OCH3 is 2. The van der Waals surface area contributed by atoms with Gasteiger partial charge in [-0.25, -0.2) is 4.39 Å². The zero-order valence-electron chi connectivity index (χ0n) is 11.1. The van der Waals surface area contributed by atoms with Gasteiger partial charge in [0.05, 0.1) is 20.8 Å². The van der Waals surface area contributed by atoms with Crippen molar-refractivity contribution in [3.8, 4) is 11.5 Å². The Labute approximate surface area is 121 Å². The number of rotatable bonds is 4. The van der Waals surface area contributed by atoms with Crippen molar-refractivity contribution >= 4 is 15.9 Å². The second kappa shape index (κ2) is 6.57. The molecule has 1 heterocycles. The van der Waals surface area contributed by atoms with Crippen molar-refractivity contribution in [3.63, 3.8) is 0 Å². The molecule has 1 fully saturated rings. The summed E-state index contributed by atoms with van der Waals surface area (Å²) in [5.74, 6) is 0.940. The van der Waals surface area contributed by atoms with Crippen molar-refractivity contribution in [1.82, 2.24) is 0 Å². The van der Waals surface area contributed by atoms with Crippen molar-refractivity contribution < 1.29 is 18.6 Å². The predicted octanol–water partition coefficient (Wildman–Crippen LogP) is 3.71. The minimum atomic E-state index is -0.287. The summed E-state index contributed by atoms with van der Waals surface area (Å²) in [4.78, 5) is -0.0763. The predicted molar refractivity (Wildman–Crippen MR) is 74.7 cm³/mol. The van der Waals surface area contributed by atoms with Crippen LogP contribution in [-0.2, 0) is 4.74 Å². The maximum absolute atomic E-state index is 14.2. The van der Waals surface area contributed by atoms with E-state index in [1.807, 2.05) is 0 Å². The highest BCUT2D eigenvalue weighted by Crippen LogP contribution is 2.41. The monoisotopic (exact) mass is 332 g/mol. The van der Waals surface area contributed by atoms with E-state index in [0.29, 0.717) is 23.7 Å². The summed E-state index contributed by atoms with van der Waals surface area (Å²) < 4.78 is 29.9. The van der Waals surface area contributed by atoms with E-state index in [-0.39, 0.29) is 16.6 Å². The summed E-state index contributed by atoms with van der Waals surface area (Å²) in [5.41, 5.74) is 0.591. The van der Waals surface area contributed by atoms with Crippen molar-refractivity contribution in [2.45, 2.75) is 17.7 Å². The SMILES string of the molecule is COc1cc(F)c(C(Br)C2CCCOC2)cc1OC. The van der Waals surface area contributed by atoms with Gasteiger partial charge in [-0.2, -0.15) is 0 Å². The van der Waals surface area contributed by atoms with Gasteiger partial charge in [0.1, 0.15) is 5.82 Å². The molecule has 2 rings (SSSR count). The van der Waals surface area contributed by atoms with Crippen LogP contribution in [0.2, 0.25) is 0 Å². The molecule has 1 aromatic carbocycles. The standard InChI is InChI=1S/C14H18BrFO3/c1-17-12-6-10(11(16)7-13(12)18-2)14(15)9-4-3-5-19-8-9/h6-7,9,14H,3-5,8H2,1-2H3. The maximum Gasteiger partial charge on any atom is 0.163 e. The molecule has 2 unspecified atom stereocenters. The van der Waals surface area contributed by atoms with Crippen LogP contribution < -0.4 is 9.47 Å². The maximum atomic E-state index is 14.2. The van der Waals surface area contributed by atoms with Gasteiger partial charge in [-0.05, 0) is 24.8 Å². The van der Waals surface area contributed by atoms with Crippen LogP contribution >= 0.6 is 15.9 Å². The van der Waals surface area contributed by atoms with Crippen LogP contribution in [-0.4, -0.2) is 27.4 Å². The fraction of sp³-hybridized carbons (Fsp3) is 0.571. The fourth-order valence-electron chi connectivity index (χ4n) is 2.33. The quantitative estimate of drug-likeness (QED) is 0.787. The lowest BCUT2D eigenvalue weighted by molar-refractivity contribution is 0.0543. The Hall–Kier alpha value is -0.810. The van der Waals surface area contributed by atoms with Crippen molar-refractivity contribution in [2.24, 2.45) is 5.92 Å². The average molecular weight is 333 g/mol. The third-order valence-corrected chi connectivity index (χ3v) is 4.65. The zero-order chi connectivity index (χ0) is 13.8. The van der Waals surface area contributed by atoms with E-state index in [9.17, 15) is 4.39 Å². The Bertz CT molecular complexity index is 433. The third kappa shape index (κ3) is 3.20. The van der Waals surface area contributed by atoms with Gasteiger partial charge in [0.2, 0.25) is 0 Å². The van der Waals surface area contributed by atoms with E-state index in [2.05, 4.69) is 15.9 Å². The highest BCUT2D eigenvalue weighted by atomic mass is 79.9. The normalized spacial score (nSPS) is 20.9. The Morgan fingerprint density at radius 1 is 1.32 bits per heavy atom. The third-order valence-electron chi connectivity index (χ3n) is 3.41. The molecular formula is C14H18BrFO3. The number of alkyl halides is 1. The van der Waals surface area contributed by atoms with Gasteiger partial charge >= 0.3 is 0 Å². The lowest BCUT2D eigenvalue weighted by Gasteiger charge is -2.27. The Morgan fingerprint density at radius 2 is 2.00 bits per heavy atom. The largest absolute Gasteiger partial charge is 0.493 e. The molecule has 0 N–H and O–H groups in total. The molecule has 0 amide bonds. The van der Waals surface area contributed by atoms with E-state index in [1.165, 1.54) is 13.2 Å². The van der Waals surface area contributed by atoms with Crippen molar-refractivity contribution in [1.29, 1.82) is 0 Å². The first-order chi connectivity index (χ1) is 9.17. The number of ether oxygens (including phenoxy) is 3. The van der Waals surface area contributed by atoms with Crippen LogP contribution in [0.1, 0.15) is 23.2 Å². The summed E-state index contributed by atoms with van der Waals surface area (Å²) in [6.45, 7) is 1.45. The summed E-state index contributed by atoms with van der Waals surface area (Å²) in [6, 6.07) is 3.06. The van der Waals surface area contributed by atoms with Crippen molar-refractivity contribution in [2.75, 3.05) is 27.4 Å². The van der Waals surface area contributed by atoms with Crippen LogP contribution in [0.5, 0.6) is 11.5 Å². The van der Waals surface area contributed by atoms with E-state index < -0.39 is 0 Å². The molecule has 5 heteroatoms. The topological polar surface area (TPSA) is 27.7 Å². The first kappa shape index (κ1) is 14.6. The zero-order valence-corrected chi connectivity index (χ0v) is 12.7.